The van der Waals surface area contributed by atoms with E-state index in [0.717, 1.165) is 10.6 Å². The highest BCUT2D eigenvalue weighted by atomic mass is 35.5. The van der Waals surface area contributed by atoms with E-state index in [9.17, 15) is 4.79 Å². The Morgan fingerprint density at radius 3 is 2.48 bits per heavy atom. The summed E-state index contributed by atoms with van der Waals surface area (Å²) in [6.07, 6.45) is 0. The first-order valence-corrected chi connectivity index (χ1v) is 8.39. The fraction of sp³-hybridized carbons (Fsp3) is 0.263. The van der Waals surface area contributed by atoms with Crippen LogP contribution in [0.4, 0.5) is 5.69 Å². The van der Waals surface area contributed by atoms with Gasteiger partial charge in [0, 0.05) is 10.7 Å². The highest BCUT2D eigenvalue weighted by Crippen LogP contribution is 2.15. The Morgan fingerprint density at radius 2 is 1.88 bits per heavy atom. The van der Waals surface area contributed by atoms with Gasteiger partial charge < -0.3 is 15.0 Å². The third-order valence-electron chi connectivity index (χ3n) is 3.99. The number of benzene rings is 2. The van der Waals surface area contributed by atoms with Crippen LogP contribution in [0.15, 0.2) is 48.5 Å². The number of quaternary nitrogens is 1. The maximum Gasteiger partial charge on any atom is 0.282 e. The Hall–Kier alpha value is -2.55. The molecule has 0 aliphatic heterocycles. The van der Waals surface area contributed by atoms with Gasteiger partial charge in [0.25, 0.3) is 5.91 Å². The summed E-state index contributed by atoms with van der Waals surface area (Å²) in [5.74, 6) is 0.681. The molecule has 0 radical (unpaired) electrons. The summed E-state index contributed by atoms with van der Waals surface area (Å²) < 4.78 is 5.66. The zero-order chi connectivity index (χ0) is 18.2. The summed E-state index contributed by atoms with van der Waals surface area (Å²) in [7, 11) is 1.95. The molecule has 0 aromatic heterocycles. The third-order valence-corrected chi connectivity index (χ3v) is 4.24. The van der Waals surface area contributed by atoms with Crippen LogP contribution in [0.5, 0.6) is 5.75 Å². The molecule has 0 aliphatic rings. The van der Waals surface area contributed by atoms with E-state index in [0.29, 0.717) is 29.4 Å². The number of amides is 1. The van der Waals surface area contributed by atoms with E-state index in [-0.39, 0.29) is 11.9 Å². The second-order valence-electron chi connectivity index (χ2n) is 5.80. The van der Waals surface area contributed by atoms with Crippen molar-refractivity contribution in [1.82, 2.24) is 0 Å². The van der Waals surface area contributed by atoms with Crippen molar-refractivity contribution < 1.29 is 14.4 Å². The number of likely N-dealkylation sites (N-methyl/N-ethyl adjacent to an activating group) is 1. The molecule has 0 bridgehead atoms. The number of rotatable bonds is 7. The maximum atomic E-state index is 12.3. The number of hydrogen-bond acceptors (Lipinski definition) is 3. The Kier molecular flexibility index (Phi) is 6.81. The Labute approximate surface area is 152 Å². The molecule has 2 N–H and O–H groups in total. The zero-order valence-corrected chi connectivity index (χ0v) is 15.0. The van der Waals surface area contributed by atoms with Gasteiger partial charge in [-0.1, -0.05) is 11.6 Å². The van der Waals surface area contributed by atoms with Gasteiger partial charge in [-0.05, 0) is 55.5 Å². The maximum absolute atomic E-state index is 12.3. The lowest BCUT2D eigenvalue weighted by molar-refractivity contribution is -0.894. The lowest BCUT2D eigenvalue weighted by Crippen LogP contribution is -3.14. The quantitative estimate of drug-likeness (QED) is 0.796. The SMILES string of the molecule is C[C@H](C(=O)Nc1ccc(C#N)cc1)[NH+](C)CCOc1ccc(Cl)cc1. The van der Waals surface area contributed by atoms with Crippen molar-refractivity contribution in [3.05, 3.63) is 59.1 Å². The second kappa shape index (κ2) is 9.07. The first-order chi connectivity index (χ1) is 12.0. The molecule has 2 atom stereocenters. The van der Waals surface area contributed by atoms with Gasteiger partial charge in [-0.15, -0.1) is 0 Å². The molecule has 0 spiro atoms. The van der Waals surface area contributed by atoms with Gasteiger partial charge in [0.2, 0.25) is 0 Å². The normalized spacial score (nSPS) is 12.7. The first-order valence-electron chi connectivity index (χ1n) is 8.01. The molecule has 2 rings (SSSR count). The van der Waals surface area contributed by atoms with Gasteiger partial charge in [0.15, 0.2) is 6.04 Å². The molecule has 0 heterocycles. The Balaban J connectivity index is 1.79. The van der Waals surface area contributed by atoms with Crippen LogP contribution in [-0.2, 0) is 4.79 Å². The van der Waals surface area contributed by atoms with Crippen molar-refractivity contribution in [2.24, 2.45) is 0 Å². The minimum Gasteiger partial charge on any atom is -0.488 e. The lowest BCUT2D eigenvalue weighted by Gasteiger charge is -2.21. The standard InChI is InChI=1S/C19H20ClN3O2/c1-14(19(24)22-17-7-3-15(13-21)4-8-17)23(2)11-12-25-18-9-5-16(20)6-10-18/h3-10,14H,11-12H2,1-2H3,(H,22,24)/p+1/t14-/m1/s1. The van der Waals surface area contributed by atoms with Crippen LogP contribution < -0.4 is 15.0 Å². The van der Waals surface area contributed by atoms with Crippen LogP contribution in [0.1, 0.15) is 12.5 Å². The highest BCUT2D eigenvalue weighted by Gasteiger charge is 2.21. The Bertz CT molecular complexity index is 739. The average Bonchev–Trinajstić information content (AvgIpc) is 2.63. The molecule has 0 fully saturated rings. The van der Waals surface area contributed by atoms with Gasteiger partial charge in [0.05, 0.1) is 18.7 Å². The van der Waals surface area contributed by atoms with E-state index in [2.05, 4.69) is 11.4 Å². The summed E-state index contributed by atoms with van der Waals surface area (Å²) in [6, 6.07) is 15.8. The van der Waals surface area contributed by atoms with Crippen molar-refractivity contribution in [3.8, 4) is 11.8 Å². The van der Waals surface area contributed by atoms with Crippen LogP contribution in [-0.4, -0.2) is 32.1 Å². The van der Waals surface area contributed by atoms with E-state index in [4.69, 9.17) is 21.6 Å². The Morgan fingerprint density at radius 1 is 1.24 bits per heavy atom. The summed E-state index contributed by atoms with van der Waals surface area (Å²) in [6.45, 7) is 3.06. The molecule has 1 unspecified atom stereocenters. The number of nitrogens with zero attached hydrogens (tertiary/aromatic N) is 1. The molecule has 2 aromatic rings. The first kappa shape index (κ1) is 18.8. The molecule has 0 aliphatic carbocycles. The second-order valence-corrected chi connectivity index (χ2v) is 6.24. The van der Waals surface area contributed by atoms with Gasteiger partial charge in [0.1, 0.15) is 18.9 Å². The number of carbonyl (C=O) groups is 1. The van der Waals surface area contributed by atoms with Crippen LogP contribution in [0.25, 0.3) is 0 Å². The molecule has 130 valence electrons. The van der Waals surface area contributed by atoms with Crippen molar-refractivity contribution in [1.29, 1.82) is 5.26 Å². The van der Waals surface area contributed by atoms with Crippen molar-refractivity contribution in [2.45, 2.75) is 13.0 Å². The average molecular weight is 359 g/mol. The number of carbonyl (C=O) groups excluding carboxylic acids is 1. The van der Waals surface area contributed by atoms with E-state index in [1.807, 2.05) is 26.1 Å². The highest BCUT2D eigenvalue weighted by molar-refractivity contribution is 6.30. The van der Waals surface area contributed by atoms with Crippen molar-refractivity contribution in [2.75, 3.05) is 25.5 Å². The zero-order valence-electron chi connectivity index (χ0n) is 14.3. The molecule has 25 heavy (non-hydrogen) atoms. The minimum absolute atomic E-state index is 0.0753. The van der Waals surface area contributed by atoms with Gasteiger partial charge in [-0.2, -0.15) is 5.26 Å². The van der Waals surface area contributed by atoms with E-state index >= 15 is 0 Å². The van der Waals surface area contributed by atoms with Crippen LogP contribution in [0, 0.1) is 11.3 Å². The van der Waals surface area contributed by atoms with Crippen molar-refractivity contribution >= 4 is 23.2 Å². The summed E-state index contributed by atoms with van der Waals surface area (Å²) in [4.78, 5) is 13.4. The molecule has 6 heteroatoms. The van der Waals surface area contributed by atoms with E-state index < -0.39 is 0 Å². The lowest BCUT2D eigenvalue weighted by atomic mass is 10.2. The topological polar surface area (TPSA) is 66.6 Å². The van der Waals surface area contributed by atoms with E-state index in [1.165, 1.54) is 0 Å². The third kappa shape index (κ3) is 5.79. The number of nitriles is 1. The van der Waals surface area contributed by atoms with Crippen LogP contribution in [0.3, 0.4) is 0 Å². The van der Waals surface area contributed by atoms with Gasteiger partial charge >= 0.3 is 0 Å². The number of anilines is 1. The predicted octanol–water partition coefficient (Wildman–Crippen LogP) is 2.13. The largest absolute Gasteiger partial charge is 0.488 e. The summed E-state index contributed by atoms with van der Waals surface area (Å²) in [5.41, 5.74) is 1.24. The fourth-order valence-corrected chi connectivity index (χ4v) is 2.31. The fourth-order valence-electron chi connectivity index (χ4n) is 2.18. The molecular formula is C19H21ClN3O2+. The number of halogens is 1. The number of ether oxygens (including phenoxy) is 1. The number of nitrogens with one attached hydrogen (secondary N) is 2. The predicted molar refractivity (Wildman–Crippen MR) is 97.9 cm³/mol. The minimum atomic E-state index is -0.232. The monoisotopic (exact) mass is 358 g/mol. The molecule has 5 nitrogen and oxygen atoms in total. The molecule has 0 saturated carbocycles. The summed E-state index contributed by atoms with van der Waals surface area (Å²) in [5, 5.41) is 12.3. The van der Waals surface area contributed by atoms with Crippen LogP contribution in [0.2, 0.25) is 5.02 Å². The smallest absolute Gasteiger partial charge is 0.282 e. The summed E-state index contributed by atoms with van der Waals surface area (Å²) >= 11 is 5.84. The van der Waals surface area contributed by atoms with Crippen LogP contribution >= 0.6 is 11.6 Å². The van der Waals surface area contributed by atoms with Gasteiger partial charge in [-0.25, -0.2) is 0 Å². The molecule has 1 amide bonds. The van der Waals surface area contributed by atoms with Crippen molar-refractivity contribution in [3.63, 3.8) is 0 Å². The molecular weight excluding hydrogens is 338 g/mol. The molecule has 2 aromatic carbocycles. The van der Waals surface area contributed by atoms with E-state index in [1.54, 1.807) is 36.4 Å². The number of hydrogen-bond donors (Lipinski definition) is 2. The molecule has 0 saturated heterocycles. The van der Waals surface area contributed by atoms with Gasteiger partial charge in [-0.3, -0.25) is 4.79 Å².